The van der Waals surface area contributed by atoms with Crippen molar-refractivity contribution in [1.29, 1.82) is 0 Å². The predicted octanol–water partition coefficient (Wildman–Crippen LogP) is 4.72. The van der Waals surface area contributed by atoms with Gasteiger partial charge >= 0.3 is 5.97 Å². The Bertz CT molecular complexity index is 1660. The number of benzene rings is 3. The largest absolute Gasteiger partial charge is 0.478 e. The highest BCUT2D eigenvalue weighted by Crippen LogP contribution is 2.35. The van der Waals surface area contributed by atoms with Crippen LogP contribution >= 0.6 is 11.6 Å². The highest BCUT2D eigenvalue weighted by atomic mass is 35.5. The summed E-state index contributed by atoms with van der Waals surface area (Å²) in [5, 5.41) is 23.4. The van der Waals surface area contributed by atoms with E-state index in [1.54, 1.807) is 18.2 Å². The van der Waals surface area contributed by atoms with E-state index in [9.17, 15) is 23.2 Å². The second-order valence-electron chi connectivity index (χ2n) is 9.55. The molecule has 4 aromatic rings. The van der Waals surface area contributed by atoms with Gasteiger partial charge in [0.2, 0.25) is 11.8 Å². The van der Waals surface area contributed by atoms with E-state index in [0.29, 0.717) is 34.8 Å². The van der Waals surface area contributed by atoms with Crippen LogP contribution in [-0.2, 0) is 9.59 Å². The molecule has 0 aliphatic carbocycles. The Balaban J connectivity index is 1.48. The third-order valence-corrected chi connectivity index (χ3v) is 7.17. The van der Waals surface area contributed by atoms with Crippen molar-refractivity contribution in [3.8, 4) is 5.69 Å². The van der Waals surface area contributed by atoms with Crippen LogP contribution in [0.3, 0.4) is 0 Å². The zero-order valence-corrected chi connectivity index (χ0v) is 22.6. The van der Waals surface area contributed by atoms with E-state index in [2.05, 4.69) is 20.8 Å². The summed E-state index contributed by atoms with van der Waals surface area (Å²) in [5.74, 6) is -4.62. The molecule has 1 fully saturated rings. The van der Waals surface area contributed by atoms with Gasteiger partial charge < -0.3 is 15.3 Å². The van der Waals surface area contributed by atoms with Crippen LogP contribution < -0.4 is 5.32 Å². The summed E-state index contributed by atoms with van der Waals surface area (Å²) >= 11 is 6.19. The Morgan fingerprint density at radius 1 is 1.05 bits per heavy atom. The summed E-state index contributed by atoms with van der Waals surface area (Å²) in [6, 6.07) is 12.4. The van der Waals surface area contributed by atoms with Crippen molar-refractivity contribution >= 4 is 41.1 Å². The molecule has 3 aromatic carbocycles. The van der Waals surface area contributed by atoms with Crippen LogP contribution in [0.25, 0.3) is 11.8 Å². The molecule has 42 heavy (non-hydrogen) atoms. The second kappa shape index (κ2) is 12.3. The van der Waals surface area contributed by atoms with Crippen LogP contribution in [0.1, 0.15) is 40.2 Å². The summed E-state index contributed by atoms with van der Waals surface area (Å²) in [4.78, 5) is 39.9. The molecule has 1 aliphatic heterocycles. The van der Waals surface area contributed by atoms with E-state index in [-0.39, 0.29) is 17.7 Å². The lowest BCUT2D eigenvalue weighted by Gasteiger charge is -2.40. The van der Waals surface area contributed by atoms with Gasteiger partial charge in [-0.1, -0.05) is 17.7 Å². The number of carboxylic acids is 1. The Morgan fingerprint density at radius 3 is 2.52 bits per heavy atom. The molecule has 1 aromatic heterocycles. The van der Waals surface area contributed by atoms with Crippen molar-refractivity contribution in [3.63, 3.8) is 0 Å². The molecule has 2 heterocycles. The number of tetrazole rings is 1. The van der Waals surface area contributed by atoms with Gasteiger partial charge in [0.15, 0.2) is 0 Å². The minimum atomic E-state index is -1.16. The van der Waals surface area contributed by atoms with Crippen LogP contribution in [0.4, 0.5) is 14.5 Å². The predicted molar refractivity (Wildman–Crippen MR) is 149 cm³/mol. The third kappa shape index (κ3) is 6.18. The fraction of sp³-hybridized carbons (Fsp3) is 0.172. The summed E-state index contributed by atoms with van der Waals surface area (Å²) in [7, 11) is 0. The number of aromatic carboxylic acids is 1. The molecule has 13 heteroatoms. The Labute approximate surface area is 243 Å². The number of likely N-dealkylation sites (tertiary alicyclic amines) is 1. The summed E-state index contributed by atoms with van der Waals surface area (Å²) in [6.45, 7) is 0.202. The van der Waals surface area contributed by atoms with E-state index in [4.69, 9.17) is 16.7 Å². The number of carbonyl (C=O) groups is 3. The molecule has 1 saturated heterocycles. The van der Waals surface area contributed by atoms with Gasteiger partial charge in [-0.2, -0.15) is 4.68 Å². The van der Waals surface area contributed by atoms with E-state index in [1.165, 1.54) is 58.4 Å². The van der Waals surface area contributed by atoms with E-state index < -0.39 is 41.4 Å². The third-order valence-electron chi connectivity index (χ3n) is 6.94. The number of aromatic nitrogens is 4. The Hall–Kier alpha value is -4.97. The lowest BCUT2D eigenvalue weighted by molar-refractivity contribution is -0.137. The maximum atomic E-state index is 15.0. The maximum Gasteiger partial charge on any atom is 0.335 e. The molecule has 2 unspecified atom stereocenters. The molecule has 1 aliphatic rings. The molecule has 2 amide bonds. The lowest BCUT2D eigenvalue weighted by Crippen LogP contribution is -2.53. The number of rotatable bonds is 7. The number of carboxylic acid groups (broad SMARTS) is 1. The zero-order valence-electron chi connectivity index (χ0n) is 21.8. The first kappa shape index (κ1) is 28.6. The molecule has 214 valence electrons. The Kier molecular flexibility index (Phi) is 8.34. The van der Waals surface area contributed by atoms with Crippen LogP contribution in [-0.4, -0.2) is 60.6 Å². The standard InChI is InChI=1S/C29H23ClF2N6O4/c30-19-6-11-25(38-16-33-35-36-38)18(14-19)5-12-26(39)37-13-1-2-23(22-10-7-20(31)15-24(22)32)27(37)28(40)34-21-8-3-17(4-9-21)29(41)42/h3-12,14-16,23,27H,1-2,13H2,(H,34,40)(H,41,42)/b12-5+. The first-order valence-corrected chi connectivity index (χ1v) is 13.2. The number of hydrogen-bond donors (Lipinski definition) is 2. The minimum absolute atomic E-state index is 0.0286. The second-order valence-corrected chi connectivity index (χ2v) is 9.99. The first-order chi connectivity index (χ1) is 20.2. The average Bonchev–Trinajstić information content (AvgIpc) is 3.51. The van der Waals surface area contributed by atoms with Gasteiger partial charge in [-0.05, 0) is 83.4 Å². The van der Waals surface area contributed by atoms with Crippen LogP contribution in [0.2, 0.25) is 5.02 Å². The molecule has 0 spiro atoms. The van der Waals surface area contributed by atoms with Gasteiger partial charge in [0.05, 0.1) is 11.3 Å². The molecule has 0 radical (unpaired) electrons. The topological polar surface area (TPSA) is 130 Å². The molecule has 10 nitrogen and oxygen atoms in total. The van der Waals surface area contributed by atoms with Crippen LogP contribution in [0.15, 0.2) is 73.1 Å². The quantitative estimate of drug-likeness (QED) is 0.297. The maximum absolute atomic E-state index is 15.0. The summed E-state index contributed by atoms with van der Waals surface area (Å²) in [6.07, 6.45) is 5.02. The number of carbonyl (C=O) groups excluding carboxylic acids is 2. The van der Waals surface area contributed by atoms with Crippen molar-refractivity contribution in [3.05, 3.63) is 106 Å². The summed E-state index contributed by atoms with van der Waals surface area (Å²) < 4.78 is 30.1. The number of nitrogens with one attached hydrogen (secondary N) is 1. The number of amides is 2. The monoisotopic (exact) mass is 592 g/mol. The van der Waals surface area contributed by atoms with Gasteiger partial charge in [-0.3, -0.25) is 9.59 Å². The van der Waals surface area contributed by atoms with Gasteiger partial charge in [0.25, 0.3) is 0 Å². The fourth-order valence-corrected chi connectivity index (χ4v) is 5.18. The van der Waals surface area contributed by atoms with Crippen molar-refractivity contribution in [2.75, 3.05) is 11.9 Å². The number of halogens is 3. The zero-order chi connectivity index (χ0) is 29.8. The lowest BCUT2D eigenvalue weighted by atomic mass is 9.82. The highest BCUT2D eigenvalue weighted by Gasteiger charge is 2.40. The summed E-state index contributed by atoms with van der Waals surface area (Å²) in [5.41, 5.74) is 1.51. The molecule has 2 atom stereocenters. The van der Waals surface area contributed by atoms with Gasteiger partial charge in [0, 0.05) is 40.9 Å². The van der Waals surface area contributed by atoms with E-state index >= 15 is 0 Å². The van der Waals surface area contributed by atoms with Gasteiger partial charge in [0.1, 0.15) is 24.0 Å². The van der Waals surface area contributed by atoms with Crippen molar-refractivity contribution in [2.24, 2.45) is 0 Å². The number of hydrogen-bond acceptors (Lipinski definition) is 6. The van der Waals surface area contributed by atoms with Crippen molar-refractivity contribution < 1.29 is 28.3 Å². The molecular formula is C29H23ClF2N6O4. The van der Waals surface area contributed by atoms with Crippen LogP contribution in [0, 0.1) is 11.6 Å². The molecule has 5 rings (SSSR count). The molecular weight excluding hydrogens is 570 g/mol. The van der Waals surface area contributed by atoms with Gasteiger partial charge in [-0.25, -0.2) is 13.6 Å². The minimum Gasteiger partial charge on any atom is -0.478 e. The first-order valence-electron chi connectivity index (χ1n) is 12.8. The SMILES string of the molecule is O=C(O)c1ccc(NC(=O)C2C(c3ccc(F)cc3F)CCCN2C(=O)/C=C/c2cc(Cl)ccc2-n2cnnn2)cc1. The number of anilines is 1. The molecule has 0 bridgehead atoms. The van der Waals surface area contributed by atoms with Crippen LogP contribution in [0.5, 0.6) is 0 Å². The number of nitrogens with zero attached hydrogens (tertiary/aromatic N) is 5. The van der Waals surface area contributed by atoms with Crippen molar-refractivity contribution in [2.45, 2.75) is 24.8 Å². The number of piperidine rings is 1. The van der Waals surface area contributed by atoms with Crippen molar-refractivity contribution in [1.82, 2.24) is 25.1 Å². The fourth-order valence-electron chi connectivity index (χ4n) is 5.00. The highest BCUT2D eigenvalue weighted by molar-refractivity contribution is 6.30. The van der Waals surface area contributed by atoms with E-state index in [1.807, 2.05) is 0 Å². The average molecular weight is 593 g/mol. The molecule has 0 saturated carbocycles. The van der Waals surface area contributed by atoms with E-state index in [0.717, 1.165) is 12.1 Å². The smallest absolute Gasteiger partial charge is 0.335 e. The molecule has 2 N–H and O–H groups in total. The Morgan fingerprint density at radius 2 is 1.83 bits per heavy atom. The van der Waals surface area contributed by atoms with Gasteiger partial charge in [-0.15, -0.1) is 5.10 Å². The normalized spacial score (nSPS) is 16.9.